The predicted molar refractivity (Wildman–Crippen MR) is 101 cm³/mol. The van der Waals surface area contributed by atoms with E-state index < -0.39 is 0 Å². The number of carbonyl (C=O) groups is 1. The zero-order chi connectivity index (χ0) is 16.4. The van der Waals surface area contributed by atoms with Gasteiger partial charge < -0.3 is 15.1 Å². The molecule has 136 valence electrons. The molecule has 0 saturated carbocycles. The number of nitrogens with one attached hydrogen (secondary N) is 1. The van der Waals surface area contributed by atoms with Crippen LogP contribution in [-0.4, -0.2) is 53.0 Å². The van der Waals surface area contributed by atoms with Gasteiger partial charge in [0.25, 0.3) is 5.91 Å². The fraction of sp³-hybridized carbons (Fsp3) is 0.611. The van der Waals surface area contributed by atoms with Crippen LogP contribution in [0.25, 0.3) is 0 Å². The number of nitrogens with zero attached hydrogens (tertiary/aromatic N) is 4. The van der Waals surface area contributed by atoms with Gasteiger partial charge in [0.05, 0.1) is 18.1 Å². The van der Waals surface area contributed by atoms with E-state index in [9.17, 15) is 4.79 Å². The second kappa shape index (κ2) is 8.15. The summed E-state index contributed by atoms with van der Waals surface area (Å²) < 4.78 is 0. The van der Waals surface area contributed by atoms with Crippen molar-refractivity contribution in [2.75, 3.05) is 36.4 Å². The lowest BCUT2D eigenvalue weighted by molar-refractivity contribution is -0.113. The molecule has 2 bridgehead atoms. The van der Waals surface area contributed by atoms with E-state index in [0.29, 0.717) is 11.7 Å². The zero-order valence-corrected chi connectivity index (χ0v) is 15.3. The molecule has 5 rings (SSSR count). The van der Waals surface area contributed by atoms with Gasteiger partial charge in [-0.05, 0) is 38.5 Å². The average molecular weight is 364 g/mol. The average Bonchev–Trinajstić information content (AvgIpc) is 2.97. The van der Waals surface area contributed by atoms with Gasteiger partial charge >= 0.3 is 0 Å². The smallest absolute Gasteiger partial charge is 0.251 e. The summed E-state index contributed by atoms with van der Waals surface area (Å²) in [6.07, 6.45) is 12.1. The maximum absolute atomic E-state index is 12.3. The first-order valence-corrected chi connectivity index (χ1v) is 9.11. The Morgan fingerprint density at radius 2 is 1.84 bits per heavy atom. The third-order valence-corrected chi connectivity index (χ3v) is 5.39. The molecule has 1 aromatic heterocycles. The van der Waals surface area contributed by atoms with E-state index in [0.717, 1.165) is 43.9 Å². The molecule has 4 heterocycles. The quantitative estimate of drug-likeness (QED) is 0.894. The normalized spacial score (nSPS) is 25.6. The van der Waals surface area contributed by atoms with E-state index in [1.807, 2.05) is 0 Å². The molecule has 4 aliphatic rings. The first-order valence-electron chi connectivity index (χ1n) is 9.11. The molecule has 1 aliphatic carbocycles. The van der Waals surface area contributed by atoms with Gasteiger partial charge in [-0.1, -0.05) is 6.08 Å². The largest absolute Gasteiger partial charge is 0.336 e. The molecule has 3 saturated heterocycles. The summed E-state index contributed by atoms with van der Waals surface area (Å²) >= 11 is 0. The Hall–Kier alpha value is -1.66. The van der Waals surface area contributed by atoms with Crippen LogP contribution in [0.4, 0.5) is 11.6 Å². The van der Waals surface area contributed by atoms with Gasteiger partial charge in [-0.3, -0.25) is 4.79 Å². The summed E-state index contributed by atoms with van der Waals surface area (Å²) in [5, 5.41) is 2.93. The number of allylic oxidation sites excluding steroid dienone is 1. The highest BCUT2D eigenvalue weighted by molar-refractivity contribution is 6.03. The summed E-state index contributed by atoms with van der Waals surface area (Å²) in [7, 11) is 0. The number of hydrogen-bond donors (Lipinski definition) is 1. The van der Waals surface area contributed by atoms with E-state index in [1.165, 1.54) is 32.4 Å². The molecule has 6 nitrogen and oxygen atoms in total. The lowest BCUT2D eigenvalue weighted by Crippen LogP contribution is -2.38. The van der Waals surface area contributed by atoms with Crippen LogP contribution in [0.3, 0.4) is 0 Å². The summed E-state index contributed by atoms with van der Waals surface area (Å²) in [6, 6.07) is 0.552. The van der Waals surface area contributed by atoms with Crippen LogP contribution in [0.15, 0.2) is 24.0 Å². The van der Waals surface area contributed by atoms with Crippen molar-refractivity contribution in [2.24, 2.45) is 0 Å². The molecular weight excluding hydrogens is 338 g/mol. The summed E-state index contributed by atoms with van der Waals surface area (Å²) in [4.78, 5) is 26.1. The number of fused-ring (bicyclic) bond motifs is 4. The van der Waals surface area contributed by atoms with E-state index in [2.05, 4.69) is 31.2 Å². The third kappa shape index (κ3) is 4.12. The van der Waals surface area contributed by atoms with Gasteiger partial charge in [-0.25, -0.2) is 9.97 Å². The molecule has 0 unspecified atom stereocenters. The Balaban J connectivity index is 0.00000182. The minimum absolute atomic E-state index is 0. The molecule has 7 heteroatoms. The van der Waals surface area contributed by atoms with Crippen LogP contribution in [-0.2, 0) is 4.79 Å². The van der Waals surface area contributed by atoms with Crippen LogP contribution in [0.2, 0.25) is 0 Å². The zero-order valence-electron chi connectivity index (χ0n) is 14.5. The molecule has 0 radical (unpaired) electrons. The standard InChI is InChI=1S/C18H25N5O.ClH/c24-17(14-4-2-1-3-5-14)21-15-12-19-18(20-13-15)23-11-10-22-8-6-16(23)7-9-22;/h4,12-13,16H,1-3,5-11H2,(H,21,24);1H. The highest BCUT2D eigenvalue weighted by Crippen LogP contribution is 2.25. The number of rotatable bonds is 3. The van der Waals surface area contributed by atoms with Gasteiger partial charge in [-0.15, -0.1) is 12.4 Å². The Kier molecular flexibility index (Phi) is 5.91. The minimum Gasteiger partial charge on any atom is -0.336 e. The van der Waals surface area contributed by atoms with Crippen molar-refractivity contribution < 1.29 is 4.79 Å². The van der Waals surface area contributed by atoms with Crippen LogP contribution >= 0.6 is 12.4 Å². The molecule has 0 spiro atoms. The number of anilines is 2. The highest BCUT2D eigenvalue weighted by Gasteiger charge is 2.30. The number of halogens is 1. The van der Waals surface area contributed by atoms with Crippen molar-refractivity contribution in [1.29, 1.82) is 0 Å². The monoisotopic (exact) mass is 363 g/mol. The molecule has 1 aromatic rings. The number of aromatic nitrogens is 2. The lowest BCUT2D eigenvalue weighted by Gasteiger charge is -2.31. The van der Waals surface area contributed by atoms with E-state index >= 15 is 0 Å². The Labute approximate surface area is 155 Å². The molecule has 1 amide bonds. The lowest BCUT2D eigenvalue weighted by atomic mass is 9.99. The van der Waals surface area contributed by atoms with Crippen molar-refractivity contribution >= 4 is 29.9 Å². The second-order valence-electron chi connectivity index (χ2n) is 6.97. The molecule has 3 fully saturated rings. The van der Waals surface area contributed by atoms with Crippen LogP contribution < -0.4 is 10.2 Å². The molecule has 0 aromatic carbocycles. The van der Waals surface area contributed by atoms with Crippen LogP contribution in [0.1, 0.15) is 38.5 Å². The summed E-state index contributed by atoms with van der Waals surface area (Å²) in [5.74, 6) is 0.783. The molecule has 3 aliphatic heterocycles. The second-order valence-corrected chi connectivity index (χ2v) is 6.97. The highest BCUT2D eigenvalue weighted by atomic mass is 35.5. The Morgan fingerprint density at radius 1 is 1.08 bits per heavy atom. The summed E-state index contributed by atoms with van der Waals surface area (Å²) in [5.41, 5.74) is 1.57. The van der Waals surface area contributed by atoms with E-state index in [-0.39, 0.29) is 18.3 Å². The van der Waals surface area contributed by atoms with Gasteiger partial charge in [0, 0.05) is 37.8 Å². The van der Waals surface area contributed by atoms with Gasteiger partial charge in [0.1, 0.15) is 0 Å². The summed E-state index contributed by atoms with van der Waals surface area (Å²) in [6.45, 7) is 4.45. The molecule has 25 heavy (non-hydrogen) atoms. The molecule has 1 N–H and O–H groups in total. The topological polar surface area (TPSA) is 61.4 Å². The van der Waals surface area contributed by atoms with Crippen molar-refractivity contribution in [3.63, 3.8) is 0 Å². The number of hydrogen-bond acceptors (Lipinski definition) is 5. The van der Waals surface area contributed by atoms with Gasteiger partial charge in [-0.2, -0.15) is 0 Å². The van der Waals surface area contributed by atoms with E-state index in [1.54, 1.807) is 12.4 Å². The van der Waals surface area contributed by atoms with Crippen molar-refractivity contribution in [3.05, 3.63) is 24.0 Å². The van der Waals surface area contributed by atoms with Crippen molar-refractivity contribution in [2.45, 2.75) is 44.6 Å². The number of piperidine rings is 1. The predicted octanol–water partition coefficient (Wildman–Crippen LogP) is 2.62. The maximum Gasteiger partial charge on any atom is 0.251 e. The molecular formula is C18H26ClN5O. The van der Waals surface area contributed by atoms with Crippen molar-refractivity contribution in [3.8, 4) is 0 Å². The number of amides is 1. The van der Waals surface area contributed by atoms with Gasteiger partial charge in [0.2, 0.25) is 5.95 Å². The molecule has 0 atom stereocenters. The third-order valence-electron chi connectivity index (χ3n) is 5.39. The minimum atomic E-state index is -0.00717. The van der Waals surface area contributed by atoms with Gasteiger partial charge in [0.15, 0.2) is 0 Å². The Morgan fingerprint density at radius 3 is 2.52 bits per heavy atom. The Bertz CT molecular complexity index is 625. The maximum atomic E-state index is 12.3. The fourth-order valence-electron chi connectivity index (χ4n) is 3.94. The van der Waals surface area contributed by atoms with Crippen LogP contribution in [0, 0.1) is 0 Å². The SMILES string of the molecule is Cl.O=C(Nc1cnc(N2CCN3CCC2CC3)nc1)C1=CCCCC1. The van der Waals surface area contributed by atoms with E-state index in [4.69, 9.17) is 0 Å². The van der Waals surface area contributed by atoms with Crippen LogP contribution in [0.5, 0.6) is 0 Å². The van der Waals surface area contributed by atoms with Crippen molar-refractivity contribution in [1.82, 2.24) is 14.9 Å². The number of carbonyl (C=O) groups excluding carboxylic acids is 1. The first-order chi connectivity index (χ1) is 11.8. The fourth-order valence-corrected chi connectivity index (χ4v) is 3.94. The first kappa shape index (κ1) is 18.1.